The topological polar surface area (TPSA) is 0 Å². The molecule has 0 nitrogen and oxygen atoms in total. The molecule has 4 aromatic carbocycles. The van der Waals surface area contributed by atoms with Gasteiger partial charge in [-0.2, -0.15) is 0 Å². The Hall–Kier alpha value is -3.12. The first kappa shape index (κ1) is 25.1. The molecule has 2 aliphatic rings. The maximum absolute atomic E-state index is 2.22. The largest absolute Gasteiger partial charge is 0.0683 e. The Morgan fingerprint density at radius 1 is 0.312 bits per heavy atom. The molecule has 0 heterocycles. The Bertz CT molecular complexity index is 912. The van der Waals surface area contributed by atoms with Gasteiger partial charge in [0.15, 0.2) is 0 Å². The van der Waals surface area contributed by atoms with E-state index in [2.05, 4.69) is 97.1 Å². The van der Waals surface area contributed by atoms with Crippen molar-refractivity contribution < 1.29 is 0 Å². The van der Waals surface area contributed by atoms with Crippen LogP contribution in [-0.4, -0.2) is 0 Å². The predicted molar refractivity (Wildman–Crippen MR) is 143 cm³/mol. The minimum absolute atomic E-state index is 1.10. The van der Waals surface area contributed by atoms with Gasteiger partial charge in [0, 0.05) is 0 Å². The van der Waals surface area contributed by atoms with E-state index >= 15 is 0 Å². The first-order valence-electron chi connectivity index (χ1n) is 12.2. The maximum atomic E-state index is 2.22. The molecular weight excluding hydrogens is 384 g/mol. The minimum Gasteiger partial charge on any atom is -0.0683 e. The third-order valence-electron chi connectivity index (χ3n) is 5.41. The normalized spacial score (nSPS) is 10.6. The van der Waals surface area contributed by atoms with Crippen LogP contribution in [0, 0.1) is 0 Å². The molecule has 0 saturated carbocycles. The van der Waals surface area contributed by atoms with Gasteiger partial charge in [-0.05, 0) is 57.3 Å². The van der Waals surface area contributed by atoms with Crippen molar-refractivity contribution in [3.8, 4) is 22.3 Å². The summed E-state index contributed by atoms with van der Waals surface area (Å²) in [5, 5.41) is 0. The SMILES string of the molecule is CC.CC.CC.c1ccc2c(c1)Cc1ccccc1-2.c1ccc2c(c1)Cc1ccccc1-2. The Labute approximate surface area is 196 Å². The molecule has 0 bridgehead atoms. The average Bonchev–Trinajstić information content (AvgIpc) is 3.46. The molecule has 166 valence electrons. The second-order valence-electron chi connectivity index (χ2n) is 6.98. The highest BCUT2D eigenvalue weighted by atomic mass is 14.2. The standard InChI is InChI=1S/2C13H10.3C2H6/c2*1-3-7-12-10(5-1)9-11-6-2-4-8-13(11)12;3*1-2/h2*1-8H,9H2;3*1-2H3. The van der Waals surface area contributed by atoms with Crippen molar-refractivity contribution in [3.05, 3.63) is 119 Å². The lowest BCUT2D eigenvalue weighted by atomic mass is 10.1. The molecule has 4 aromatic rings. The third kappa shape index (κ3) is 5.56. The third-order valence-corrected chi connectivity index (χ3v) is 5.41. The van der Waals surface area contributed by atoms with E-state index in [-0.39, 0.29) is 0 Å². The quantitative estimate of drug-likeness (QED) is 0.228. The van der Waals surface area contributed by atoms with Crippen LogP contribution in [0.5, 0.6) is 0 Å². The van der Waals surface area contributed by atoms with Crippen LogP contribution in [0.1, 0.15) is 63.8 Å². The predicted octanol–water partition coefficient (Wildman–Crippen LogP) is 9.59. The molecular formula is C32H38. The highest BCUT2D eigenvalue weighted by Gasteiger charge is 2.16. The molecule has 0 radical (unpaired) electrons. The Morgan fingerprint density at radius 2 is 0.500 bits per heavy atom. The summed E-state index contributed by atoms with van der Waals surface area (Å²) >= 11 is 0. The molecule has 32 heavy (non-hydrogen) atoms. The summed E-state index contributed by atoms with van der Waals surface area (Å²) in [6.45, 7) is 12.0. The number of rotatable bonds is 0. The first-order chi connectivity index (χ1) is 15.9. The highest BCUT2D eigenvalue weighted by molar-refractivity contribution is 5.77. The van der Waals surface area contributed by atoms with Crippen LogP contribution in [0.25, 0.3) is 22.3 Å². The van der Waals surface area contributed by atoms with Crippen molar-refractivity contribution in [3.63, 3.8) is 0 Å². The lowest BCUT2D eigenvalue weighted by molar-refractivity contribution is 1.26. The van der Waals surface area contributed by atoms with E-state index in [1.807, 2.05) is 41.5 Å². The fourth-order valence-corrected chi connectivity index (χ4v) is 4.16. The number of hydrogen-bond acceptors (Lipinski definition) is 0. The zero-order valence-electron chi connectivity index (χ0n) is 20.7. The summed E-state index contributed by atoms with van der Waals surface area (Å²) in [6.07, 6.45) is 2.21. The van der Waals surface area contributed by atoms with Gasteiger partial charge in [-0.1, -0.05) is 139 Å². The molecule has 2 aliphatic carbocycles. The number of hydrogen-bond donors (Lipinski definition) is 0. The van der Waals surface area contributed by atoms with Gasteiger partial charge >= 0.3 is 0 Å². The van der Waals surface area contributed by atoms with Gasteiger partial charge < -0.3 is 0 Å². The maximum Gasteiger partial charge on any atom is -0.00135 e. The van der Waals surface area contributed by atoms with Gasteiger partial charge in [0.2, 0.25) is 0 Å². The summed E-state index contributed by atoms with van der Waals surface area (Å²) in [7, 11) is 0. The van der Waals surface area contributed by atoms with Gasteiger partial charge in [0.1, 0.15) is 0 Å². The molecule has 0 aliphatic heterocycles. The Kier molecular flexibility index (Phi) is 10.5. The molecule has 0 unspecified atom stereocenters. The second kappa shape index (κ2) is 13.3. The van der Waals surface area contributed by atoms with Crippen molar-refractivity contribution in [2.24, 2.45) is 0 Å². The average molecular weight is 423 g/mol. The fraction of sp³-hybridized carbons (Fsp3) is 0.250. The minimum atomic E-state index is 1.10. The Balaban J connectivity index is 0.000000185. The Morgan fingerprint density at radius 3 is 0.719 bits per heavy atom. The lowest BCUT2D eigenvalue weighted by Crippen LogP contribution is -1.77. The molecule has 0 amide bonds. The van der Waals surface area contributed by atoms with E-state index < -0.39 is 0 Å². The summed E-state index contributed by atoms with van der Waals surface area (Å²) in [5.41, 5.74) is 11.5. The molecule has 0 saturated heterocycles. The molecule has 0 aromatic heterocycles. The van der Waals surface area contributed by atoms with Gasteiger partial charge in [0.05, 0.1) is 0 Å². The summed E-state index contributed by atoms with van der Waals surface area (Å²) in [4.78, 5) is 0. The van der Waals surface area contributed by atoms with Gasteiger partial charge in [-0.3, -0.25) is 0 Å². The second-order valence-corrected chi connectivity index (χ2v) is 6.98. The molecule has 0 heteroatoms. The fourth-order valence-electron chi connectivity index (χ4n) is 4.16. The van der Waals surface area contributed by atoms with Crippen molar-refractivity contribution in [1.29, 1.82) is 0 Å². The van der Waals surface area contributed by atoms with Gasteiger partial charge in [-0.15, -0.1) is 0 Å². The van der Waals surface area contributed by atoms with Crippen molar-refractivity contribution >= 4 is 0 Å². The van der Waals surface area contributed by atoms with E-state index in [1.165, 1.54) is 44.5 Å². The van der Waals surface area contributed by atoms with E-state index in [4.69, 9.17) is 0 Å². The van der Waals surface area contributed by atoms with E-state index in [1.54, 1.807) is 0 Å². The number of fused-ring (bicyclic) bond motifs is 6. The van der Waals surface area contributed by atoms with Gasteiger partial charge in [-0.25, -0.2) is 0 Å². The molecule has 0 fully saturated rings. The summed E-state index contributed by atoms with van der Waals surface area (Å²) < 4.78 is 0. The summed E-state index contributed by atoms with van der Waals surface area (Å²) in [5.74, 6) is 0. The molecule has 0 N–H and O–H groups in total. The highest BCUT2D eigenvalue weighted by Crippen LogP contribution is 2.36. The molecule has 6 rings (SSSR count). The van der Waals surface area contributed by atoms with Crippen LogP contribution in [-0.2, 0) is 12.8 Å². The molecule has 0 atom stereocenters. The van der Waals surface area contributed by atoms with Crippen LogP contribution in [0.15, 0.2) is 97.1 Å². The van der Waals surface area contributed by atoms with E-state index in [9.17, 15) is 0 Å². The summed E-state index contributed by atoms with van der Waals surface area (Å²) in [6, 6.07) is 34.6. The van der Waals surface area contributed by atoms with Crippen molar-refractivity contribution in [2.75, 3.05) is 0 Å². The van der Waals surface area contributed by atoms with Gasteiger partial charge in [0.25, 0.3) is 0 Å². The van der Waals surface area contributed by atoms with E-state index in [0.29, 0.717) is 0 Å². The van der Waals surface area contributed by atoms with Crippen LogP contribution in [0.4, 0.5) is 0 Å². The zero-order valence-corrected chi connectivity index (χ0v) is 20.7. The monoisotopic (exact) mass is 422 g/mol. The van der Waals surface area contributed by atoms with Crippen molar-refractivity contribution in [2.45, 2.75) is 54.4 Å². The van der Waals surface area contributed by atoms with Crippen LogP contribution in [0.3, 0.4) is 0 Å². The zero-order chi connectivity index (χ0) is 23.3. The number of benzene rings is 4. The smallest absolute Gasteiger partial charge is 0.00135 e. The lowest BCUT2D eigenvalue weighted by Gasteiger charge is -1.98. The van der Waals surface area contributed by atoms with Crippen LogP contribution >= 0.6 is 0 Å². The van der Waals surface area contributed by atoms with Crippen molar-refractivity contribution in [1.82, 2.24) is 0 Å². The van der Waals surface area contributed by atoms with Crippen LogP contribution in [0.2, 0.25) is 0 Å². The first-order valence-corrected chi connectivity index (χ1v) is 12.2. The van der Waals surface area contributed by atoms with E-state index in [0.717, 1.165) is 12.8 Å². The molecule has 0 spiro atoms. The van der Waals surface area contributed by atoms with Crippen LogP contribution < -0.4 is 0 Å².